The van der Waals surface area contributed by atoms with Crippen LogP contribution >= 0.6 is 11.6 Å². The summed E-state index contributed by atoms with van der Waals surface area (Å²) < 4.78 is 11.8. The minimum absolute atomic E-state index is 0.0298. The van der Waals surface area contributed by atoms with Gasteiger partial charge in [-0.05, 0) is 51.8 Å². The van der Waals surface area contributed by atoms with Crippen molar-refractivity contribution in [2.75, 3.05) is 6.61 Å². The molecule has 0 amide bonds. The normalized spacial score (nSPS) is 23.3. The van der Waals surface area contributed by atoms with E-state index in [9.17, 15) is 0 Å². The molecule has 0 radical (unpaired) electrons. The van der Waals surface area contributed by atoms with Crippen molar-refractivity contribution < 1.29 is 9.47 Å². The topological polar surface area (TPSA) is 44.5 Å². The molecule has 2 atom stereocenters. The Morgan fingerprint density at radius 3 is 2.84 bits per heavy atom. The summed E-state index contributed by atoms with van der Waals surface area (Å²) in [6.45, 7) is 6.71. The highest BCUT2D eigenvalue weighted by Gasteiger charge is 2.32. The molecule has 19 heavy (non-hydrogen) atoms. The molecule has 1 heterocycles. The number of halogens is 1. The van der Waals surface area contributed by atoms with E-state index in [1.165, 1.54) is 0 Å². The van der Waals surface area contributed by atoms with Gasteiger partial charge in [-0.15, -0.1) is 0 Å². The van der Waals surface area contributed by atoms with Crippen molar-refractivity contribution >= 4 is 11.6 Å². The maximum atomic E-state index is 5.99. The third-order valence-corrected chi connectivity index (χ3v) is 3.68. The molecule has 1 saturated heterocycles. The molecule has 1 aliphatic heterocycles. The first kappa shape index (κ1) is 14.6. The van der Waals surface area contributed by atoms with Crippen LogP contribution in [0.4, 0.5) is 0 Å². The highest BCUT2D eigenvalue weighted by Crippen LogP contribution is 2.31. The van der Waals surface area contributed by atoms with E-state index in [-0.39, 0.29) is 17.7 Å². The van der Waals surface area contributed by atoms with E-state index in [1.54, 1.807) is 0 Å². The second-order valence-corrected chi connectivity index (χ2v) is 6.26. The van der Waals surface area contributed by atoms with Crippen LogP contribution in [0.15, 0.2) is 18.2 Å². The molecular weight excluding hydrogens is 262 g/mol. The van der Waals surface area contributed by atoms with E-state index in [0.717, 1.165) is 24.2 Å². The third-order valence-electron chi connectivity index (χ3n) is 3.44. The van der Waals surface area contributed by atoms with Crippen LogP contribution in [-0.2, 0) is 4.74 Å². The number of ether oxygens (including phenoxy) is 2. The maximum Gasteiger partial charge on any atom is 0.124 e. The van der Waals surface area contributed by atoms with Crippen LogP contribution in [0, 0.1) is 0 Å². The molecule has 1 unspecified atom stereocenters. The summed E-state index contributed by atoms with van der Waals surface area (Å²) >= 11 is 5.99. The molecule has 3 nitrogen and oxygen atoms in total. The summed E-state index contributed by atoms with van der Waals surface area (Å²) in [6, 6.07) is 5.46. The van der Waals surface area contributed by atoms with Crippen molar-refractivity contribution in [1.29, 1.82) is 0 Å². The number of rotatable bonds is 4. The van der Waals surface area contributed by atoms with E-state index in [4.69, 9.17) is 26.8 Å². The molecule has 4 heteroatoms. The van der Waals surface area contributed by atoms with Crippen LogP contribution in [0.2, 0.25) is 5.02 Å². The van der Waals surface area contributed by atoms with Gasteiger partial charge in [0, 0.05) is 16.6 Å². The van der Waals surface area contributed by atoms with Crippen LogP contribution in [0.25, 0.3) is 0 Å². The summed E-state index contributed by atoms with van der Waals surface area (Å²) in [6.07, 6.45) is 2.27. The predicted octanol–water partition coefficient (Wildman–Crippen LogP) is 3.70. The first-order valence-corrected chi connectivity index (χ1v) is 7.11. The lowest BCUT2D eigenvalue weighted by Crippen LogP contribution is -2.24. The third kappa shape index (κ3) is 3.85. The Balaban J connectivity index is 2.00. The van der Waals surface area contributed by atoms with Gasteiger partial charge in [-0.25, -0.2) is 0 Å². The van der Waals surface area contributed by atoms with Crippen molar-refractivity contribution in [3.8, 4) is 5.75 Å². The lowest BCUT2D eigenvalue weighted by atomic mass is 10.1. The largest absolute Gasteiger partial charge is 0.491 e. The zero-order valence-electron chi connectivity index (χ0n) is 11.8. The van der Waals surface area contributed by atoms with Gasteiger partial charge in [-0.1, -0.05) is 11.6 Å². The molecular formula is C15H22ClNO2. The Hall–Kier alpha value is -0.770. The Bertz CT molecular complexity index is 446. The summed E-state index contributed by atoms with van der Waals surface area (Å²) in [4.78, 5) is 0. The van der Waals surface area contributed by atoms with Gasteiger partial charge in [0.1, 0.15) is 12.4 Å². The monoisotopic (exact) mass is 283 g/mol. The van der Waals surface area contributed by atoms with Crippen LogP contribution < -0.4 is 10.5 Å². The van der Waals surface area contributed by atoms with Crippen molar-refractivity contribution in [1.82, 2.24) is 0 Å². The van der Waals surface area contributed by atoms with E-state index < -0.39 is 0 Å². The maximum absolute atomic E-state index is 5.99. The van der Waals surface area contributed by atoms with Gasteiger partial charge in [0.2, 0.25) is 0 Å². The number of hydrogen-bond acceptors (Lipinski definition) is 3. The van der Waals surface area contributed by atoms with Crippen molar-refractivity contribution in [3.05, 3.63) is 28.8 Å². The number of benzene rings is 1. The zero-order chi connectivity index (χ0) is 14.0. The van der Waals surface area contributed by atoms with E-state index >= 15 is 0 Å². The second-order valence-electron chi connectivity index (χ2n) is 5.82. The van der Waals surface area contributed by atoms with Gasteiger partial charge >= 0.3 is 0 Å². The van der Waals surface area contributed by atoms with Crippen molar-refractivity contribution in [3.63, 3.8) is 0 Å². The molecule has 0 aromatic heterocycles. The molecule has 1 fully saturated rings. The fraction of sp³-hybridized carbons (Fsp3) is 0.600. The van der Waals surface area contributed by atoms with Gasteiger partial charge in [-0.3, -0.25) is 0 Å². The average Bonchev–Trinajstić information content (AvgIpc) is 2.67. The minimum atomic E-state index is -0.102. The molecule has 1 aromatic rings. The van der Waals surface area contributed by atoms with Crippen molar-refractivity contribution in [2.24, 2.45) is 5.73 Å². The summed E-state index contributed by atoms with van der Waals surface area (Å²) in [7, 11) is 0. The smallest absolute Gasteiger partial charge is 0.124 e. The lowest BCUT2D eigenvalue weighted by Gasteiger charge is -2.20. The standard InChI is InChI=1S/C15H22ClNO2/c1-10(17)13-8-11(16)4-5-14(13)18-9-12-6-7-15(2,3)19-12/h4-5,8,10,12H,6-7,9,17H2,1-3H3/t10-,12?/m1/s1. The second kappa shape index (κ2) is 5.70. The van der Waals surface area contributed by atoms with E-state index in [0.29, 0.717) is 11.6 Å². The zero-order valence-corrected chi connectivity index (χ0v) is 12.5. The van der Waals surface area contributed by atoms with E-state index in [2.05, 4.69) is 13.8 Å². The number of nitrogens with two attached hydrogens (primary N) is 1. The highest BCUT2D eigenvalue weighted by atomic mass is 35.5. The number of hydrogen-bond donors (Lipinski definition) is 1. The fourth-order valence-electron chi connectivity index (χ4n) is 2.38. The summed E-state index contributed by atoms with van der Waals surface area (Å²) in [5, 5.41) is 0.679. The van der Waals surface area contributed by atoms with Crippen molar-refractivity contribution in [2.45, 2.75) is 51.4 Å². The molecule has 0 aliphatic carbocycles. The van der Waals surface area contributed by atoms with Gasteiger partial charge in [0.25, 0.3) is 0 Å². The Kier molecular flexibility index (Phi) is 4.39. The summed E-state index contributed by atoms with van der Waals surface area (Å²) in [5.74, 6) is 0.799. The van der Waals surface area contributed by atoms with Gasteiger partial charge in [0.05, 0.1) is 11.7 Å². The van der Waals surface area contributed by atoms with Gasteiger partial charge < -0.3 is 15.2 Å². The van der Waals surface area contributed by atoms with E-state index in [1.807, 2.05) is 25.1 Å². The van der Waals surface area contributed by atoms with Crippen LogP contribution in [0.5, 0.6) is 5.75 Å². The molecule has 0 bridgehead atoms. The van der Waals surface area contributed by atoms with Gasteiger partial charge in [-0.2, -0.15) is 0 Å². The molecule has 0 saturated carbocycles. The first-order chi connectivity index (χ1) is 8.87. The molecule has 2 N–H and O–H groups in total. The Morgan fingerprint density at radius 1 is 1.53 bits per heavy atom. The highest BCUT2D eigenvalue weighted by molar-refractivity contribution is 6.30. The van der Waals surface area contributed by atoms with Crippen LogP contribution in [0.3, 0.4) is 0 Å². The molecule has 1 aliphatic rings. The fourth-order valence-corrected chi connectivity index (χ4v) is 2.56. The van der Waals surface area contributed by atoms with Crippen LogP contribution in [-0.4, -0.2) is 18.3 Å². The Labute approximate surface area is 120 Å². The van der Waals surface area contributed by atoms with Crippen LogP contribution in [0.1, 0.15) is 45.2 Å². The Morgan fingerprint density at radius 2 is 2.26 bits per heavy atom. The predicted molar refractivity (Wildman–Crippen MR) is 77.7 cm³/mol. The summed E-state index contributed by atoms with van der Waals surface area (Å²) in [5.41, 5.74) is 6.85. The molecule has 1 aromatic carbocycles. The minimum Gasteiger partial charge on any atom is -0.491 e. The SMILES string of the molecule is C[C@@H](N)c1cc(Cl)ccc1OCC1CCC(C)(C)O1. The average molecular weight is 284 g/mol. The molecule has 0 spiro atoms. The quantitative estimate of drug-likeness (QED) is 0.916. The lowest BCUT2D eigenvalue weighted by molar-refractivity contribution is -0.0327. The first-order valence-electron chi connectivity index (χ1n) is 6.73. The molecule has 106 valence electrons. The van der Waals surface area contributed by atoms with Gasteiger partial charge in [0.15, 0.2) is 0 Å². The molecule has 2 rings (SSSR count).